The molecule has 2 aromatic rings. The maximum Gasteiger partial charge on any atom is 0.119 e. The van der Waals surface area contributed by atoms with E-state index >= 15 is 0 Å². The molecular weight excluding hydrogens is 286 g/mol. The fraction of sp³-hybridized carbons (Fsp3) is 0.188. The molecule has 0 aliphatic heterocycles. The Morgan fingerprint density at radius 3 is 2.48 bits per heavy atom. The Balaban J connectivity index is 2.18. The van der Waals surface area contributed by atoms with Gasteiger partial charge in [-0.05, 0) is 49.4 Å². The third-order valence-electron chi connectivity index (χ3n) is 3.08. The van der Waals surface area contributed by atoms with Gasteiger partial charge in [0.2, 0.25) is 0 Å². The minimum atomic E-state index is 0.683. The van der Waals surface area contributed by atoms with Gasteiger partial charge in [0.15, 0.2) is 0 Å². The molecule has 0 bridgehead atoms. The summed E-state index contributed by atoms with van der Waals surface area (Å²) >= 11 is 6.05. The van der Waals surface area contributed by atoms with Crippen LogP contribution in [0, 0.1) is 0 Å². The smallest absolute Gasteiger partial charge is 0.119 e. The monoisotopic (exact) mass is 303 g/mol. The van der Waals surface area contributed by atoms with E-state index in [4.69, 9.17) is 16.3 Å². The van der Waals surface area contributed by atoms with Crippen LogP contribution >= 0.6 is 11.6 Å². The van der Waals surface area contributed by atoms with Gasteiger partial charge in [0, 0.05) is 23.3 Å². The fourth-order valence-electron chi connectivity index (χ4n) is 1.91. The average Bonchev–Trinajstić information content (AvgIpc) is 2.53. The molecule has 0 aromatic heterocycles. The lowest BCUT2D eigenvalue weighted by Gasteiger charge is -2.10. The minimum absolute atomic E-state index is 0.683. The molecule has 0 spiro atoms. The molecule has 0 heterocycles. The molecule has 0 aliphatic carbocycles. The van der Waals surface area contributed by atoms with Gasteiger partial charge in [0.25, 0.3) is 0 Å². The van der Waals surface area contributed by atoms with Crippen LogP contribution < -0.4 is 15.5 Å². The molecule has 0 saturated heterocycles. The standard InChI is InChI=1S/C16H18ClN3O/c1-11(15-10-12(17)4-9-16(15)18-2)19-20-13-5-7-14(21-3)8-6-13/h4-10,18,20H,1-3H3/b19-11+. The third kappa shape index (κ3) is 3.89. The van der Waals surface area contributed by atoms with Crippen molar-refractivity contribution < 1.29 is 4.74 Å². The number of rotatable bonds is 5. The molecule has 5 heteroatoms. The highest BCUT2D eigenvalue weighted by molar-refractivity contribution is 6.31. The predicted octanol–water partition coefficient (Wildman–Crippen LogP) is 4.23. The van der Waals surface area contributed by atoms with Crippen LogP contribution in [0.1, 0.15) is 12.5 Å². The Morgan fingerprint density at radius 2 is 1.86 bits per heavy atom. The van der Waals surface area contributed by atoms with Crippen LogP contribution in [0.3, 0.4) is 0 Å². The number of hydrazone groups is 1. The quantitative estimate of drug-likeness (QED) is 0.642. The second kappa shape index (κ2) is 6.99. The van der Waals surface area contributed by atoms with Crippen LogP contribution in [0.2, 0.25) is 5.02 Å². The molecular formula is C16H18ClN3O. The highest BCUT2D eigenvalue weighted by Gasteiger charge is 2.05. The van der Waals surface area contributed by atoms with Crippen LogP contribution in [0.4, 0.5) is 11.4 Å². The van der Waals surface area contributed by atoms with Crippen molar-refractivity contribution in [1.82, 2.24) is 0 Å². The van der Waals surface area contributed by atoms with Crippen molar-refractivity contribution in [2.45, 2.75) is 6.92 Å². The van der Waals surface area contributed by atoms with Gasteiger partial charge in [-0.15, -0.1) is 0 Å². The number of nitrogens with one attached hydrogen (secondary N) is 2. The van der Waals surface area contributed by atoms with Gasteiger partial charge in [-0.1, -0.05) is 11.6 Å². The highest BCUT2D eigenvalue weighted by Crippen LogP contribution is 2.21. The van der Waals surface area contributed by atoms with E-state index in [1.165, 1.54) is 0 Å². The summed E-state index contributed by atoms with van der Waals surface area (Å²) in [5.41, 5.74) is 6.71. The van der Waals surface area contributed by atoms with E-state index in [0.29, 0.717) is 5.02 Å². The zero-order chi connectivity index (χ0) is 15.2. The van der Waals surface area contributed by atoms with Crippen molar-refractivity contribution in [2.75, 3.05) is 24.9 Å². The van der Waals surface area contributed by atoms with Crippen molar-refractivity contribution in [2.24, 2.45) is 5.10 Å². The van der Waals surface area contributed by atoms with E-state index in [1.807, 2.05) is 56.4 Å². The lowest BCUT2D eigenvalue weighted by atomic mass is 10.1. The summed E-state index contributed by atoms with van der Waals surface area (Å²) in [7, 11) is 3.51. The Kier molecular flexibility index (Phi) is 5.06. The molecule has 0 aliphatic rings. The van der Waals surface area contributed by atoms with Gasteiger partial charge in [-0.2, -0.15) is 5.10 Å². The number of hydrogen-bond acceptors (Lipinski definition) is 4. The Morgan fingerprint density at radius 1 is 1.14 bits per heavy atom. The summed E-state index contributed by atoms with van der Waals surface area (Å²) in [6.07, 6.45) is 0. The zero-order valence-electron chi connectivity index (χ0n) is 12.3. The zero-order valence-corrected chi connectivity index (χ0v) is 13.0. The Labute approximate surface area is 129 Å². The molecule has 0 radical (unpaired) electrons. The number of hydrogen-bond donors (Lipinski definition) is 2. The van der Waals surface area contributed by atoms with Crippen molar-refractivity contribution in [3.05, 3.63) is 53.1 Å². The van der Waals surface area contributed by atoms with E-state index in [-0.39, 0.29) is 0 Å². The number of methoxy groups -OCH3 is 1. The van der Waals surface area contributed by atoms with Crippen LogP contribution in [-0.2, 0) is 0 Å². The normalized spacial score (nSPS) is 11.1. The average molecular weight is 304 g/mol. The van der Waals surface area contributed by atoms with Crippen molar-refractivity contribution >= 4 is 28.7 Å². The molecule has 21 heavy (non-hydrogen) atoms. The van der Waals surface area contributed by atoms with E-state index in [2.05, 4.69) is 15.8 Å². The predicted molar refractivity (Wildman–Crippen MR) is 89.8 cm³/mol. The third-order valence-corrected chi connectivity index (χ3v) is 3.32. The Hall–Kier alpha value is -2.20. The number of anilines is 2. The first-order valence-electron chi connectivity index (χ1n) is 6.56. The number of ether oxygens (including phenoxy) is 1. The molecule has 0 atom stereocenters. The van der Waals surface area contributed by atoms with Crippen LogP contribution in [-0.4, -0.2) is 19.9 Å². The minimum Gasteiger partial charge on any atom is -0.497 e. The van der Waals surface area contributed by atoms with Crippen molar-refractivity contribution in [3.63, 3.8) is 0 Å². The first kappa shape index (κ1) is 15.2. The van der Waals surface area contributed by atoms with Crippen molar-refractivity contribution in [3.8, 4) is 5.75 Å². The Bertz CT molecular complexity index is 638. The van der Waals surface area contributed by atoms with Crippen molar-refractivity contribution in [1.29, 1.82) is 0 Å². The first-order valence-corrected chi connectivity index (χ1v) is 6.94. The molecule has 2 rings (SSSR count). The first-order chi connectivity index (χ1) is 10.1. The van der Waals surface area contributed by atoms with E-state index in [9.17, 15) is 0 Å². The van der Waals surface area contributed by atoms with E-state index < -0.39 is 0 Å². The summed E-state index contributed by atoms with van der Waals surface area (Å²) in [5, 5.41) is 8.21. The van der Waals surface area contributed by atoms with Gasteiger partial charge in [0.05, 0.1) is 18.5 Å². The molecule has 0 fully saturated rings. The van der Waals surface area contributed by atoms with Gasteiger partial charge in [-0.25, -0.2) is 0 Å². The molecule has 0 amide bonds. The van der Waals surface area contributed by atoms with Gasteiger partial charge >= 0.3 is 0 Å². The summed E-state index contributed by atoms with van der Waals surface area (Å²) in [5.74, 6) is 0.813. The molecule has 0 saturated carbocycles. The van der Waals surface area contributed by atoms with Gasteiger partial charge < -0.3 is 10.1 Å². The maximum atomic E-state index is 6.05. The molecule has 110 valence electrons. The summed E-state index contributed by atoms with van der Waals surface area (Å²) in [4.78, 5) is 0. The number of halogens is 1. The van der Waals surface area contributed by atoms with Crippen LogP contribution in [0.5, 0.6) is 5.75 Å². The second-order valence-corrected chi connectivity index (χ2v) is 4.91. The lowest BCUT2D eigenvalue weighted by molar-refractivity contribution is 0.415. The number of nitrogens with zero attached hydrogens (tertiary/aromatic N) is 1. The summed E-state index contributed by atoms with van der Waals surface area (Å²) in [6.45, 7) is 1.93. The molecule has 4 nitrogen and oxygen atoms in total. The summed E-state index contributed by atoms with van der Waals surface area (Å²) < 4.78 is 5.12. The molecule has 0 unspecified atom stereocenters. The second-order valence-electron chi connectivity index (χ2n) is 4.48. The lowest BCUT2D eigenvalue weighted by Crippen LogP contribution is -2.04. The molecule has 2 N–H and O–H groups in total. The van der Waals surface area contributed by atoms with Gasteiger partial charge in [-0.3, -0.25) is 5.43 Å². The van der Waals surface area contributed by atoms with E-state index in [1.54, 1.807) is 7.11 Å². The van der Waals surface area contributed by atoms with Crippen LogP contribution in [0.15, 0.2) is 47.6 Å². The SMILES string of the molecule is CNc1ccc(Cl)cc1/C(C)=N/Nc1ccc(OC)cc1. The largest absolute Gasteiger partial charge is 0.497 e. The summed E-state index contributed by atoms with van der Waals surface area (Å²) in [6, 6.07) is 13.3. The van der Waals surface area contributed by atoms with E-state index in [0.717, 1.165) is 28.4 Å². The molecule has 2 aromatic carbocycles. The highest BCUT2D eigenvalue weighted by atomic mass is 35.5. The topological polar surface area (TPSA) is 45.7 Å². The maximum absolute atomic E-state index is 6.05. The van der Waals surface area contributed by atoms with Gasteiger partial charge in [0.1, 0.15) is 5.75 Å². The van der Waals surface area contributed by atoms with Crippen LogP contribution in [0.25, 0.3) is 0 Å². The fourth-order valence-corrected chi connectivity index (χ4v) is 2.08. The number of benzene rings is 2.